The molecule has 1 aromatic carbocycles. The van der Waals surface area contributed by atoms with E-state index in [2.05, 4.69) is 10.3 Å². The summed E-state index contributed by atoms with van der Waals surface area (Å²) in [4.78, 5) is 29.3. The topological polar surface area (TPSA) is 79.3 Å². The molecule has 1 heterocycles. The minimum absolute atomic E-state index is 0.00682. The van der Waals surface area contributed by atoms with Crippen LogP contribution in [0.15, 0.2) is 40.8 Å². The predicted molar refractivity (Wildman–Crippen MR) is 105 cm³/mol. The lowest BCUT2D eigenvalue weighted by Gasteiger charge is -2.25. The Hall–Kier alpha value is -2.54. The maximum Gasteiger partial charge on any atom is 0.307 e. The number of allylic oxidation sites excluding steroid dienone is 2. The van der Waals surface area contributed by atoms with E-state index in [0.29, 0.717) is 10.8 Å². The average molecular weight is 400 g/mol. The highest BCUT2D eigenvalue weighted by atomic mass is 32.1. The number of hydrogen-bond donors (Lipinski definition) is 2. The van der Waals surface area contributed by atoms with Crippen LogP contribution in [0.25, 0.3) is 11.3 Å². The molecule has 4 atom stereocenters. The number of nitrogens with one attached hydrogen (secondary N) is 1. The van der Waals surface area contributed by atoms with E-state index in [0.717, 1.165) is 29.6 Å². The number of hydrogen-bond acceptors (Lipinski definition) is 4. The molecule has 2 bridgehead atoms. The lowest BCUT2D eigenvalue weighted by atomic mass is 9.79. The van der Waals surface area contributed by atoms with Crippen LogP contribution in [0.2, 0.25) is 0 Å². The largest absolute Gasteiger partial charge is 0.481 e. The zero-order valence-electron chi connectivity index (χ0n) is 15.6. The van der Waals surface area contributed by atoms with Crippen LogP contribution in [-0.4, -0.2) is 22.0 Å². The highest BCUT2D eigenvalue weighted by Gasteiger charge is 2.57. The number of fused-ring (bicyclic) bond motifs is 2. The summed E-state index contributed by atoms with van der Waals surface area (Å²) in [5.74, 6) is -2.81. The number of benzene rings is 1. The molecule has 2 aromatic rings. The van der Waals surface area contributed by atoms with Gasteiger partial charge in [0.25, 0.3) is 0 Å². The third-order valence-electron chi connectivity index (χ3n) is 5.88. The Kier molecular flexibility index (Phi) is 4.79. The van der Waals surface area contributed by atoms with Crippen molar-refractivity contribution in [2.75, 3.05) is 5.32 Å². The quantitative estimate of drug-likeness (QED) is 0.736. The minimum Gasteiger partial charge on any atom is -0.481 e. The standard InChI is InChI=1S/C21H21FN2O3S/c1-10(2)16-13-7-8-14(16)18(20(26)27)17(13)19(25)24-21-23-15(9-28-21)11-3-5-12(22)6-4-11/h3-6,9,13-14,17-18H,7-8H2,1-2H3,(H,26,27)(H,23,24,25)/t13-,14-,17+,18-/m1/s1. The van der Waals surface area contributed by atoms with Gasteiger partial charge in [-0.15, -0.1) is 11.3 Å². The SMILES string of the molecule is CC(C)=C1[C@H]2CC[C@H]1[C@@H](C(=O)O)[C@H]2C(=O)Nc1nc(-c2ccc(F)cc2)cs1. The molecule has 2 N–H and O–H groups in total. The van der Waals surface area contributed by atoms with Gasteiger partial charge in [-0.1, -0.05) is 11.1 Å². The second-order valence-corrected chi connectivity index (χ2v) is 8.53. The number of carbonyl (C=O) groups is 2. The molecule has 146 valence electrons. The number of carbonyl (C=O) groups excluding carboxylic acids is 1. The Labute approximate surface area is 166 Å². The Morgan fingerprint density at radius 3 is 2.39 bits per heavy atom. The summed E-state index contributed by atoms with van der Waals surface area (Å²) < 4.78 is 13.1. The minimum atomic E-state index is -0.905. The molecule has 0 spiro atoms. The number of halogens is 1. The van der Waals surface area contributed by atoms with Gasteiger partial charge in [-0.2, -0.15) is 0 Å². The summed E-state index contributed by atoms with van der Waals surface area (Å²) in [6.45, 7) is 3.99. The fourth-order valence-corrected chi connectivity index (χ4v) is 5.60. The third-order valence-corrected chi connectivity index (χ3v) is 6.64. The molecule has 2 aliphatic rings. The molecule has 1 amide bonds. The van der Waals surface area contributed by atoms with Crippen molar-refractivity contribution in [1.82, 2.24) is 4.98 Å². The Morgan fingerprint density at radius 1 is 1.14 bits per heavy atom. The van der Waals surface area contributed by atoms with Crippen molar-refractivity contribution in [2.24, 2.45) is 23.7 Å². The van der Waals surface area contributed by atoms with Gasteiger partial charge in [-0.05, 0) is 62.8 Å². The number of carboxylic acid groups (broad SMARTS) is 1. The molecule has 1 aromatic heterocycles. The molecule has 0 saturated heterocycles. The molecular formula is C21H21FN2O3S. The summed E-state index contributed by atoms with van der Waals surface area (Å²) in [6.07, 6.45) is 1.68. The highest BCUT2D eigenvalue weighted by Crippen LogP contribution is 2.57. The third kappa shape index (κ3) is 3.13. The molecule has 0 aliphatic heterocycles. The first-order chi connectivity index (χ1) is 13.4. The number of anilines is 1. The number of aromatic nitrogens is 1. The van der Waals surface area contributed by atoms with E-state index in [1.807, 2.05) is 13.8 Å². The van der Waals surface area contributed by atoms with Crippen LogP contribution < -0.4 is 5.32 Å². The number of aliphatic carboxylic acids is 1. The van der Waals surface area contributed by atoms with Crippen molar-refractivity contribution in [3.05, 3.63) is 46.6 Å². The molecular weight excluding hydrogens is 379 g/mol. The Bertz CT molecular complexity index is 962. The van der Waals surface area contributed by atoms with E-state index in [4.69, 9.17) is 0 Å². The first-order valence-electron chi connectivity index (χ1n) is 9.29. The molecule has 7 heteroatoms. The summed E-state index contributed by atoms with van der Waals surface area (Å²) in [5, 5.41) is 14.8. The van der Waals surface area contributed by atoms with Gasteiger partial charge in [0.15, 0.2) is 5.13 Å². The van der Waals surface area contributed by atoms with Crippen LogP contribution in [-0.2, 0) is 9.59 Å². The fourth-order valence-electron chi connectivity index (χ4n) is 4.88. The monoisotopic (exact) mass is 400 g/mol. The van der Waals surface area contributed by atoms with E-state index < -0.39 is 17.8 Å². The second kappa shape index (κ2) is 7.13. The van der Waals surface area contributed by atoms with Gasteiger partial charge in [0.1, 0.15) is 5.82 Å². The van der Waals surface area contributed by atoms with E-state index in [1.54, 1.807) is 17.5 Å². The molecule has 4 rings (SSSR count). The summed E-state index contributed by atoms with van der Waals surface area (Å²) >= 11 is 1.28. The number of rotatable bonds is 4. The van der Waals surface area contributed by atoms with Gasteiger partial charge in [-0.25, -0.2) is 9.37 Å². The predicted octanol–water partition coefficient (Wildman–Crippen LogP) is 4.58. The Balaban J connectivity index is 1.56. The van der Waals surface area contributed by atoms with Crippen molar-refractivity contribution in [1.29, 1.82) is 0 Å². The lowest BCUT2D eigenvalue weighted by molar-refractivity contribution is -0.148. The number of carboxylic acids is 1. The molecule has 2 aliphatic carbocycles. The number of nitrogens with zero attached hydrogens (tertiary/aromatic N) is 1. The van der Waals surface area contributed by atoms with Gasteiger partial charge in [-0.3, -0.25) is 9.59 Å². The zero-order chi connectivity index (χ0) is 20.0. The van der Waals surface area contributed by atoms with Crippen LogP contribution >= 0.6 is 11.3 Å². The van der Waals surface area contributed by atoms with Gasteiger partial charge in [0, 0.05) is 10.9 Å². The van der Waals surface area contributed by atoms with Crippen molar-refractivity contribution in [2.45, 2.75) is 26.7 Å². The summed E-state index contributed by atoms with van der Waals surface area (Å²) in [7, 11) is 0. The highest BCUT2D eigenvalue weighted by molar-refractivity contribution is 7.14. The fraction of sp³-hybridized carbons (Fsp3) is 0.381. The van der Waals surface area contributed by atoms with E-state index in [9.17, 15) is 19.1 Å². The number of thiazole rings is 1. The lowest BCUT2D eigenvalue weighted by Crippen LogP contribution is -2.37. The van der Waals surface area contributed by atoms with Crippen molar-refractivity contribution < 1.29 is 19.1 Å². The normalized spacial score (nSPS) is 25.8. The molecule has 28 heavy (non-hydrogen) atoms. The molecule has 5 nitrogen and oxygen atoms in total. The first-order valence-corrected chi connectivity index (χ1v) is 10.2. The first kappa shape index (κ1) is 18.8. The van der Waals surface area contributed by atoms with E-state index in [1.165, 1.54) is 23.5 Å². The second-order valence-electron chi connectivity index (χ2n) is 7.67. The maximum atomic E-state index is 13.1. The van der Waals surface area contributed by atoms with E-state index in [-0.39, 0.29) is 23.6 Å². The zero-order valence-corrected chi connectivity index (χ0v) is 16.4. The summed E-state index contributed by atoms with van der Waals surface area (Å²) in [5.41, 5.74) is 3.68. The van der Waals surface area contributed by atoms with Gasteiger partial charge in [0.2, 0.25) is 5.91 Å². The summed E-state index contributed by atoms with van der Waals surface area (Å²) in [6, 6.07) is 5.99. The van der Waals surface area contributed by atoms with Crippen LogP contribution in [0.4, 0.5) is 9.52 Å². The smallest absolute Gasteiger partial charge is 0.307 e. The van der Waals surface area contributed by atoms with Crippen LogP contribution in [0.5, 0.6) is 0 Å². The maximum absolute atomic E-state index is 13.1. The van der Waals surface area contributed by atoms with Crippen LogP contribution in [0.3, 0.4) is 0 Å². The van der Waals surface area contributed by atoms with Crippen molar-refractivity contribution >= 4 is 28.3 Å². The van der Waals surface area contributed by atoms with Crippen LogP contribution in [0, 0.1) is 29.5 Å². The number of amides is 1. The van der Waals surface area contributed by atoms with Crippen molar-refractivity contribution in [3.63, 3.8) is 0 Å². The Morgan fingerprint density at radius 2 is 1.79 bits per heavy atom. The molecule has 2 saturated carbocycles. The molecule has 0 radical (unpaired) electrons. The van der Waals surface area contributed by atoms with Crippen LogP contribution in [0.1, 0.15) is 26.7 Å². The average Bonchev–Trinajstić information content (AvgIpc) is 3.35. The van der Waals surface area contributed by atoms with Gasteiger partial charge in [0.05, 0.1) is 17.5 Å². The molecule has 2 fully saturated rings. The molecule has 0 unspecified atom stereocenters. The van der Waals surface area contributed by atoms with Gasteiger partial charge < -0.3 is 10.4 Å². The van der Waals surface area contributed by atoms with Crippen molar-refractivity contribution in [3.8, 4) is 11.3 Å². The van der Waals surface area contributed by atoms with Gasteiger partial charge >= 0.3 is 5.97 Å². The van der Waals surface area contributed by atoms with E-state index >= 15 is 0 Å².